The Labute approximate surface area is 89.5 Å². The van der Waals surface area contributed by atoms with E-state index in [1.165, 1.54) is 8.57 Å². The first-order chi connectivity index (χ1) is 6.34. The van der Waals surface area contributed by atoms with Crippen LogP contribution in [-0.2, 0) is 6.42 Å². The van der Waals surface area contributed by atoms with Crippen molar-refractivity contribution in [2.24, 2.45) is 0 Å². The summed E-state index contributed by atoms with van der Waals surface area (Å²) in [5.74, 6) is 0.751. The highest BCUT2D eigenvalue weighted by molar-refractivity contribution is 14.1. The van der Waals surface area contributed by atoms with Crippen molar-refractivity contribution in [2.75, 3.05) is 0 Å². The predicted molar refractivity (Wildman–Crippen MR) is 56.5 cm³/mol. The van der Waals surface area contributed by atoms with Crippen molar-refractivity contribution in [3.8, 4) is 0 Å². The van der Waals surface area contributed by atoms with E-state index in [1.807, 2.05) is 53.2 Å². The summed E-state index contributed by atoms with van der Waals surface area (Å²) in [6.07, 6.45) is 0.740. The Kier molecular flexibility index (Phi) is 2.53. The lowest BCUT2D eigenvalue weighted by Gasteiger charge is -1.93. The number of halogens is 1. The first kappa shape index (κ1) is 8.61. The molecule has 4 nitrogen and oxygen atoms in total. The monoisotopic (exact) mass is 286 g/mol. The van der Waals surface area contributed by atoms with E-state index >= 15 is 0 Å². The molecule has 0 atom stereocenters. The molecular formula is C8H7IN4. The minimum absolute atomic E-state index is 0.740. The zero-order chi connectivity index (χ0) is 9.10. The SMILES string of the molecule is In1nnc(Cc2ccccc2)n1. The maximum absolute atomic E-state index is 4.09. The number of nitrogens with zero attached hydrogens (tertiary/aromatic N) is 4. The number of tetrazole rings is 1. The smallest absolute Gasteiger partial charge is 0.126 e. The fourth-order valence-electron chi connectivity index (χ4n) is 1.07. The highest BCUT2D eigenvalue weighted by Gasteiger charge is 2.01. The van der Waals surface area contributed by atoms with E-state index in [4.69, 9.17) is 0 Å². The summed E-state index contributed by atoms with van der Waals surface area (Å²) in [5.41, 5.74) is 1.20. The van der Waals surface area contributed by atoms with Gasteiger partial charge in [0.15, 0.2) is 5.82 Å². The van der Waals surface area contributed by atoms with Gasteiger partial charge in [-0.3, -0.25) is 0 Å². The van der Waals surface area contributed by atoms with Gasteiger partial charge in [0.2, 0.25) is 0 Å². The maximum atomic E-state index is 4.09. The molecule has 2 rings (SSSR count). The second-order valence-electron chi connectivity index (χ2n) is 2.61. The molecule has 0 saturated carbocycles. The van der Waals surface area contributed by atoms with Gasteiger partial charge in [-0.15, -0.1) is 13.2 Å². The molecule has 0 N–H and O–H groups in total. The van der Waals surface area contributed by atoms with Crippen molar-refractivity contribution < 1.29 is 0 Å². The van der Waals surface area contributed by atoms with Gasteiger partial charge < -0.3 is 0 Å². The van der Waals surface area contributed by atoms with E-state index in [0.29, 0.717) is 0 Å². The summed E-state index contributed by atoms with van der Waals surface area (Å²) < 4.78 is 1.44. The lowest BCUT2D eigenvalue weighted by atomic mass is 10.1. The average Bonchev–Trinajstić information content (AvgIpc) is 2.53. The van der Waals surface area contributed by atoms with Crippen LogP contribution in [0.4, 0.5) is 0 Å². The van der Waals surface area contributed by atoms with Gasteiger partial charge in [-0.25, -0.2) is 0 Å². The quantitative estimate of drug-likeness (QED) is 0.785. The van der Waals surface area contributed by atoms with Gasteiger partial charge >= 0.3 is 0 Å². The normalized spacial score (nSPS) is 10.2. The van der Waals surface area contributed by atoms with Gasteiger partial charge in [-0.05, 0) is 10.8 Å². The van der Waals surface area contributed by atoms with Crippen LogP contribution < -0.4 is 0 Å². The van der Waals surface area contributed by atoms with Crippen molar-refractivity contribution >= 4 is 22.9 Å². The first-order valence-corrected chi connectivity index (χ1v) is 4.80. The molecule has 5 heteroatoms. The zero-order valence-corrected chi connectivity index (χ0v) is 8.92. The lowest BCUT2D eigenvalue weighted by Crippen LogP contribution is -1.90. The van der Waals surface area contributed by atoms with Crippen molar-refractivity contribution in [2.45, 2.75) is 6.42 Å². The van der Waals surface area contributed by atoms with Crippen molar-refractivity contribution in [1.29, 1.82) is 0 Å². The van der Waals surface area contributed by atoms with Crippen LogP contribution in [0, 0.1) is 0 Å². The maximum Gasteiger partial charge on any atom is 0.180 e. The van der Waals surface area contributed by atoms with Gasteiger partial charge in [0.25, 0.3) is 0 Å². The van der Waals surface area contributed by atoms with Gasteiger partial charge in [-0.1, -0.05) is 30.3 Å². The third-order valence-corrected chi connectivity index (χ3v) is 2.05. The predicted octanol–water partition coefficient (Wildman–Crippen LogP) is 1.46. The molecule has 13 heavy (non-hydrogen) atoms. The average molecular weight is 286 g/mol. The van der Waals surface area contributed by atoms with E-state index in [0.717, 1.165) is 12.2 Å². The largest absolute Gasteiger partial charge is 0.180 e. The highest BCUT2D eigenvalue weighted by Crippen LogP contribution is 2.03. The Morgan fingerprint density at radius 1 is 1.23 bits per heavy atom. The molecule has 66 valence electrons. The molecule has 0 radical (unpaired) electrons. The minimum Gasteiger partial charge on any atom is -0.126 e. The Hall–Kier alpha value is -0.980. The van der Waals surface area contributed by atoms with Crippen LogP contribution in [0.15, 0.2) is 30.3 Å². The molecule has 0 aliphatic carbocycles. The van der Waals surface area contributed by atoms with Crippen LogP contribution in [0.1, 0.15) is 11.4 Å². The summed E-state index contributed by atoms with van der Waals surface area (Å²) in [4.78, 5) is 0. The number of aromatic nitrogens is 4. The zero-order valence-electron chi connectivity index (χ0n) is 6.76. The molecular weight excluding hydrogens is 279 g/mol. The van der Waals surface area contributed by atoms with Gasteiger partial charge in [0.05, 0.1) is 0 Å². The number of benzene rings is 1. The molecule has 2 aromatic rings. The topological polar surface area (TPSA) is 43.6 Å². The summed E-state index contributed by atoms with van der Waals surface area (Å²) in [6, 6.07) is 10.1. The summed E-state index contributed by atoms with van der Waals surface area (Å²) in [7, 11) is 0. The number of hydrogen-bond acceptors (Lipinski definition) is 3. The highest BCUT2D eigenvalue weighted by atomic mass is 127. The summed E-state index contributed by atoms with van der Waals surface area (Å²) >= 11 is 1.98. The number of rotatable bonds is 2. The lowest BCUT2D eigenvalue weighted by molar-refractivity contribution is 0.853. The van der Waals surface area contributed by atoms with Crippen molar-refractivity contribution in [3.05, 3.63) is 41.7 Å². The number of hydrogen-bond donors (Lipinski definition) is 0. The van der Waals surface area contributed by atoms with E-state index < -0.39 is 0 Å². The first-order valence-electron chi connectivity index (χ1n) is 3.83. The molecule has 0 aliphatic heterocycles. The Bertz CT molecular complexity index is 384. The summed E-state index contributed by atoms with van der Waals surface area (Å²) in [5, 5.41) is 11.7. The molecule has 0 fully saturated rings. The second-order valence-corrected chi connectivity index (χ2v) is 3.47. The summed E-state index contributed by atoms with van der Waals surface area (Å²) in [6.45, 7) is 0. The molecule has 0 bridgehead atoms. The van der Waals surface area contributed by atoms with Gasteiger partial charge in [-0.2, -0.15) is 0 Å². The van der Waals surface area contributed by atoms with E-state index in [1.54, 1.807) is 0 Å². The van der Waals surface area contributed by atoms with Crippen LogP contribution in [0.2, 0.25) is 0 Å². The molecule has 0 saturated heterocycles. The van der Waals surface area contributed by atoms with Crippen molar-refractivity contribution in [3.63, 3.8) is 0 Å². The molecule has 0 aliphatic rings. The van der Waals surface area contributed by atoms with Gasteiger partial charge in [0, 0.05) is 6.42 Å². The second kappa shape index (κ2) is 3.82. The van der Waals surface area contributed by atoms with E-state index in [9.17, 15) is 0 Å². The molecule has 1 aromatic heterocycles. The van der Waals surface area contributed by atoms with Crippen LogP contribution in [0.3, 0.4) is 0 Å². The van der Waals surface area contributed by atoms with Gasteiger partial charge in [0.1, 0.15) is 22.9 Å². The Morgan fingerprint density at radius 3 is 2.62 bits per heavy atom. The molecule has 1 heterocycles. The van der Waals surface area contributed by atoms with Crippen LogP contribution in [0.25, 0.3) is 0 Å². The molecule has 0 amide bonds. The van der Waals surface area contributed by atoms with Crippen LogP contribution in [0.5, 0.6) is 0 Å². The van der Waals surface area contributed by atoms with E-state index in [-0.39, 0.29) is 0 Å². The van der Waals surface area contributed by atoms with Crippen molar-refractivity contribution in [1.82, 2.24) is 18.4 Å². The third kappa shape index (κ3) is 2.24. The Morgan fingerprint density at radius 2 is 2.00 bits per heavy atom. The fourth-order valence-corrected chi connectivity index (χ4v) is 1.42. The minimum atomic E-state index is 0.740. The third-order valence-electron chi connectivity index (χ3n) is 1.64. The van der Waals surface area contributed by atoms with Crippen LogP contribution in [-0.4, -0.2) is 18.4 Å². The van der Waals surface area contributed by atoms with E-state index in [2.05, 4.69) is 15.4 Å². The molecule has 0 unspecified atom stereocenters. The fraction of sp³-hybridized carbons (Fsp3) is 0.125. The standard InChI is InChI=1S/C8H7IN4/c9-13-11-8(10-12-13)6-7-4-2-1-3-5-7/h1-5H,6H2. The molecule has 1 aromatic carbocycles. The Balaban J connectivity index is 2.15. The van der Waals surface area contributed by atoms with Crippen LogP contribution >= 0.6 is 22.9 Å². The molecule has 0 spiro atoms.